The van der Waals surface area contributed by atoms with Crippen LogP contribution in [-0.4, -0.2) is 36.9 Å². The van der Waals surface area contributed by atoms with Gasteiger partial charge in [0.1, 0.15) is 12.4 Å². The normalized spacial score (nSPS) is 14.5. The molecule has 1 aliphatic heterocycles. The summed E-state index contributed by atoms with van der Waals surface area (Å²) < 4.78 is 5.59. The molecule has 0 amide bonds. The first-order valence-electron chi connectivity index (χ1n) is 8.48. The molecule has 1 unspecified atom stereocenters. The van der Waals surface area contributed by atoms with E-state index >= 15 is 0 Å². The number of Topliss-reactive ketones (excluding diaryl/α,β-unsaturated/α-hetero) is 1. The van der Waals surface area contributed by atoms with Crippen LogP contribution >= 0.6 is 0 Å². The van der Waals surface area contributed by atoms with Gasteiger partial charge in [0.15, 0.2) is 5.78 Å². The second kappa shape index (κ2) is 7.49. The SMILES string of the molecule is CCC(C(=O)c1ccc2c(c1)NCCO2)N(C)Cc1ccccc1. The van der Waals surface area contributed by atoms with E-state index in [1.165, 1.54) is 5.56 Å². The Morgan fingerprint density at radius 3 is 2.79 bits per heavy atom. The lowest BCUT2D eigenvalue weighted by Crippen LogP contribution is -2.37. The maximum atomic E-state index is 13.0. The van der Waals surface area contributed by atoms with Crippen LogP contribution in [0, 0.1) is 0 Å². The molecule has 126 valence electrons. The Balaban J connectivity index is 1.76. The van der Waals surface area contributed by atoms with Crippen molar-refractivity contribution in [2.24, 2.45) is 0 Å². The average molecular weight is 324 g/mol. The second-order valence-electron chi connectivity index (χ2n) is 6.18. The van der Waals surface area contributed by atoms with Crippen LogP contribution in [0.3, 0.4) is 0 Å². The van der Waals surface area contributed by atoms with Crippen LogP contribution in [0.4, 0.5) is 5.69 Å². The summed E-state index contributed by atoms with van der Waals surface area (Å²) in [6.07, 6.45) is 0.781. The Labute approximate surface area is 143 Å². The first-order chi connectivity index (χ1) is 11.7. The summed E-state index contributed by atoms with van der Waals surface area (Å²) in [5.74, 6) is 0.981. The predicted molar refractivity (Wildman–Crippen MR) is 96.7 cm³/mol. The minimum absolute atomic E-state index is 0.132. The summed E-state index contributed by atoms with van der Waals surface area (Å²) >= 11 is 0. The van der Waals surface area contributed by atoms with Crippen molar-refractivity contribution in [2.75, 3.05) is 25.5 Å². The monoisotopic (exact) mass is 324 g/mol. The molecular formula is C20H24N2O2. The van der Waals surface area contributed by atoms with Crippen LogP contribution in [0.15, 0.2) is 48.5 Å². The van der Waals surface area contributed by atoms with Crippen LogP contribution in [0.25, 0.3) is 0 Å². The maximum Gasteiger partial charge on any atom is 0.180 e. The van der Waals surface area contributed by atoms with Gasteiger partial charge >= 0.3 is 0 Å². The van der Waals surface area contributed by atoms with Crippen LogP contribution in [0.2, 0.25) is 0 Å². The van der Waals surface area contributed by atoms with Gasteiger partial charge in [0.2, 0.25) is 0 Å². The average Bonchev–Trinajstić information content (AvgIpc) is 2.62. The molecular weight excluding hydrogens is 300 g/mol. The van der Waals surface area contributed by atoms with Crippen molar-refractivity contribution in [2.45, 2.75) is 25.9 Å². The molecule has 1 heterocycles. The molecule has 0 spiro atoms. The Bertz CT molecular complexity index is 700. The maximum absolute atomic E-state index is 13.0. The fourth-order valence-electron chi connectivity index (χ4n) is 3.17. The lowest BCUT2D eigenvalue weighted by Gasteiger charge is -2.27. The number of ketones is 1. The minimum Gasteiger partial charge on any atom is -0.490 e. The molecule has 4 nitrogen and oxygen atoms in total. The Morgan fingerprint density at radius 1 is 1.25 bits per heavy atom. The highest BCUT2D eigenvalue weighted by molar-refractivity contribution is 6.01. The van der Waals surface area contributed by atoms with E-state index in [4.69, 9.17) is 4.74 Å². The standard InChI is InChI=1S/C20H24N2O2/c1-3-18(22(2)14-15-7-5-4-6-8-15)20(23)16-9-10-19-17(13-16)21-11-12-24-19/h4-10,13,18,21H,3,11-12,14H2,1-2H3. The van der Waals surface area contributed by atoms with Crippen molar-refractivity contribution in [3.63, 3.8) is 0 Å². The molecule has 0 saturated carbocycles. The van der Waals surface area contributed by atoms with Gasteiger partial charge in [-0.1, -0.05) is 37.3 Å². The largest absolute Gasteiger partial charge is 0.490 e. The number of hydrogen-bond acceptors (Lipinski definition) is 4. The lowest BCUT2D eigenvalue weighted by atomic mass is 9.99. The Hall–Kier alpha value is -2.33. The van der Waals surface area contributed by atoms with Crippen LogP contribution < -0.4 is 10.1 Å². The number of anilines is 1. The van der Waals surface area contributed by atoms with Crippen molar-refractivity contribution in [1.29, 1.82) is 0 Å². The smallest absolute Gasteiger partial charge is 0.180 e. The number of benzene rings is 2. The fourth-order valence-corrected chi connectivity index (χ4v) is 3.17. The van der Waals surface area contributed by atoms with Crippen LogP contribution in [-0.2, 0) is 6.54 Å². The van der Waals surface area contributed by atoms with Gasteiger partial charge < -0.3 is 10.1 Å². The van der Waals surface area contributed by atoms with Crippen molar-refractivity contribution < 1.29 is 9.53 Å². The van der Waals surface area contributed by atoms with E-state index in [0.29, 0.717) is 6.61 Å². The zero-order valence-corrected chi connectivity index (χ0v) is 14.3. The predicted octanol–water partition coefficient (Wildman–Crippen LogP) is 3.58. The Kier molecular flexibility index (Phi) is 5.16. The third kappa shape index (κ3) is 3.60. The molecule has 4 heteroatoms. The zero-order valence-electron chi connectivity index (χ0n) is 14.3. The van der Waals surface area contributed by atoms with E-state index in [9.17, 15) is 4.79 Å². The van der Waals surface area contributed by atoms with Gasteiger partial charge in [-0.2, -0.15) is 0 Å². The highest BCUT2D eigenvalue weighted by atomic mass is 16.5. The molecule has 0 radical (unpaired) electrons. The van der Waals surface area contributed by atoms with Gasteiger partial charge in [0.25, 0.3) is 0 Å². The summed E-state index contributed by atoms with van der Waals surface area (Å²) in [4.78, 5) is 15.1. The van der Waals surface area contributed by atoms with Crippen LogP contribution in [0.1, 0.15) is 29.3 Å². The molecule has 1 N–H and O–H groups in total. The van der Waals surface area contributed by atoms with E-state index in [0.717, 1.165) is 36.5 Å². The van der Waals surface area contributed by atoms with E-state index in [1.54, 1.807) is 0 Å². The first-order valence-corrected chi connectivity index (χ1v) is 8.48. The number of fused-ring (bicyclic) bond motifs is 1. The fraction of sp³-hybridized carbons (Fsp3) is 0.350. The molecule has 0 fully saturated rings. The van der Waals surface area contributed by atoms with E-state index < -0.39 is 0 Å². The summed E-state index contributed by atoms with van der Waals surface area (Å²) in [6.45, 7) is 4.26. The molecule has 1 aliphatic rings. The molecule has 24 heavy (non-hydrogen) atoms. The summed E-state index contributed by atoms with van der Waals surface area (Å²) in [5.41, 5.74) is 2.86. The number of likely N-dealkylation sites (N-methyl/N-ethyl adjacent to an activating group) is 1. The number of carbonyl (C=O) groups excluding carboxylic acids is 1. The zero-order chi connectivity index (χ0) is 16.9. The van der Waals surface area contributed by atoms with Gasteiger partial charge in [-0.05, 0) is 37.2 Å². The second-order valence-corrected chi connectivity index (χ2v) is 6.18. The topological polar surface area (TPSA) is 41.6 Å². The summed E-state index contributed by atoms with van der Waals surface area (Å²) in [5, 5.41) is 3.29. The highest BCUT2D eigenvalue weighted by Crippen LogP contribution is 2.29. The Morgan fingerprint density at radius 2 is 2.04 bits per heavy atom. The molecule has 2 aromatic carbocycles. The minimum atomic E-state index is -0.132. The number of nitrogens with one attached hydrogen (secondary N) is 1. The molecule has 0 bridgehead atoms. The molecule has 0 aliphatic carbocycles. The van der Waals surface area contributed by atoms with E-state index in [2.05, 4.69) is 29.3 Å². The first kappa shape index (κ1) is 16.5. The third-order valence-electron chi connectivity index (χ3n) is 4.44. The number of rotatable bonds is 6. The van der Waals surface area contributed by atoms with Crippen molar-refractivity contribution in [3.05, 3.63) is 59.7 Å². The molecule has 2 aromatic rings. The van der Waals surface area contributed by atoms with E-state index in [-0.39, 0.29) is 11.8 Å². The van der Waals surface area contributed by atoms with Gasteiger partial charge in [-0.15, -0.1) is 0 Å². The van der Waals surface area contributed by atoms with Crippen molar-refractivity contribution in [3.8, 4) is 5.75 Å². The van der Waals surface area contributed by atoms with Gasteiger partial charge in [-0.3, -0.25) is 9.69 Å². The van der Waals surface area contributed by atoms with Gasteiger partial charge in [0.05, 0.1) is 11.7 Å². The number of hydrogen-bond donors (Lipinski definition) is 1. The third-order valence-corrected chi connectivity index (χ3v) is 4.44. The molecule has 0 saturated heterocycles. The van der Waals surface area contributed by atoms with Gasteiger partial charge in [0, 0.05) is 18.7 Å². The molecule has 3 rings (SSSR count). The molecule has 0 aromatic heterocycles. The molecule has 1 atom stereocenters. The quantitative estimate of drug-likeness (QED) is 0.825. The van der Waals surface area contributed by atoms with Crippen molar-refractivity contribution >= 4 is 11.5 Å². The lowest BCUT2D eigenvalue weighted by molar-refractivity contribution is 0.0838. The van der Waals surface area contributed by atoms with Crippen LogP contribution in [0.5, 0.6) is 5.75 Å². The number of nitrogens with zero attached hydrogens (tertiary/aromatic N) is 1. The van der Waals surface area contributed by atoms with E-state index in [1.807, 2.05) is 43.4 Å². The highest BCUT2D eigenvalue weighted by Gasteiger charge is 2.24. The summed E-state index contributed by atoms with van der Waals surface area (Å²) in [6, 6.07) is 15.8. The van der Waals surface area contributed by atoms with Gasteiger partial charge in [-0.25, -0.2) is 0 Å². The number of carbonyl (C=O) groups is 1. The number of ether oxygens (including phenoxy) is 1. The summed E-state index contributed by atoms with van der Waals surface area (Å²) in [7, 11) is 2.01. The van der Waals surface area contributed by atoms with Crippen molar-refractivity contribution in [1.82, 2.24) is 4.90 Å².